The number of pyridine rings is 1. The normalized spacial score (nSPS) is 10.6. The number of carbonyl (C=O) groups is 1. The maximum Gasteiger partial charge on any atom is 0.307 e. The smallest absolute Gasteiger partial charge is 0.307 e. The highest BCUT2D eigenvalue weighted by Crippen LogP contribution is 2.25. The molecule has 0 atom stereocenters. The van der Waals surface area contributed by atoms with Crippen molar-refractivity contribution in [1.29, 1.82) is 0 Å². The van der Waals surface area contributed by atoms with Gasteiger partial charge in [-0.1, -0.05) is 12.1 Å². The van der Waals surface area contributed by atoms with Gasteiger partial charge in [0.2, 0.25) is 0 Å². The first-order valence-corrected chi connectivity index (χ1v) is 5.64. The summed E-state index contributed by atoms with van der Waals surface area (Å²) in [6.45, 7) is 1.87. The molecule has 16 heavy (non-hydrogen) atoms. The lowest BCUT2D eigenvalue weighted by molar-refractivity contribution is -0.136. The van der Waals surface area contributed by atoms with Crippen LogP contribution in [0.15, 0.2) is 28.7 Å². The molecular formula is C12H10BrNO2. The number of carboxylic acids is 1. The lowest BCUT2D eigenvalue weighted by atomic mass is 10.1. The molecule has 0 aliphatic heterocycles. The van der Waals surface area contributed by atoms with Crippen LogP contribution in [0.1, 0.15) is 11.3 Å². The molecule has 4 heteroatoms. The van der Waals surface area contributed by atoms with Gasteiger partial charge in [-0.05, 0) is 40.5 Å². The third-order valence-corrected chi connectivity index (χ3v) is 2.99. The van der Waals surface area contributed by atoms with Crippen molar-refractivity contribution >= 4 is 32.8 Å². The monoisotopic (exact) mass is 279 g/mol. The average molecular weight is 280 g/mol. The van der Waals surface area contributed by atoms with Crippen molar-refractivity contribution in [1.82, 2.24) is 4.98 Å². The number of para-hydroxylation sites is 1. The molecule has 0 spiro atoms. The predicted octanol–water partition coefficient (Wildman–Crippen LogP) is 2.93. The molecule has 0 saturated carbocycles. The molecular weight excluding hydrogens is 270 g/mol. The Labute approximate surface area is 101 Å². The van der Waals surface area contributed by atoms with Crippen molar-refractivity contribution in [2.24, 2.45) is 0 Å². The second-order valence-corrected chi connectivity index (χ2v) is 4.48. The van der Waals surface area contributed by atoms with Gasteiger partial charge < -0.3 is 5.11 Å². The summed E-state index contributed by atoms with van der Waals surface area (Å²) in [6.07, 6.45) is 0.0241. The van der Waals surface area contributed by atoms with E-state index in [0.717, 1.165) is 26.6 Å². The molecule has 1 heterocycles. The van der Waals surface area contributed by atoms with Crippen molar-refractivity contribution in [3.63, 3.8) is 0 Å². The van der Waals surface area contributed by atoms with E-state index in [1.54, 1.807) is 0 Å². The maximum absolute atomic E-state index is 10.8. The molecule has 2 rings (SSSR count). The van der Waals surface area contributed by atoms with Gasteiger partial charge in [0.1, 0.15) is 0 Å². The van der Waals surface area contributed by atoms with Crippen molar-refractivity contribution < 1.29 is 9.90 Å². The zero-order valence-electron chi connectivity index (χ0n) is 8.70. The summed E-state index contributed by atoms with van der Waals surface area (Å²) in [6, 6.07) is 7.50. The third kappa shape index (κ3) is 2.07. The fraction of sp³-hybridized carbons (Fsp3) is 0.167. The molecule has 82 valence electrons. The second-order valence-electron chi connectivity index (χ2n) is 3.63. The SMILES string of the molecule is Cc1cc(CC(=O)O)c2cccc(Br)c2n1. The van der Waals surface area contributed by atoms with Gasteiger partial charge in [0, 0.05) is 15.6 Å². The van der Waals surface area contributed by atoms with Crippen molar-refractivity contribution in [3.8, 4) is 0 Å². The number of benzene rings is 1. The predicted molar refractivity (Wildman–Crippen MR) is 65.5 cm³/mol. The molecule has 0 aliphatic carbocycles. The van der Waals surface area contributed by atoms with Crippen LogP contribution in [0.3, 0.4) is 0 Å². The van der Waals surface area contributed by atoms with Gasteiger partial charge >= 0.3 is 5.97 Å². The highest BCUT2D eigenvalue weighted by molar-refractivity contribution is 9.10. The Morgan fingerprint density at radius 1 is 1.50 bits per heavy atom. The molecule has 0 bridgehead atoms. The number of nitrogens with zero attached hydrogens (tertiary/aromatic N) is 1. The minimum atomic E-state index is -0.827. The van der Waals surface area contributed by atoms with Crippen LogP contribution in [0.4, 0.5) is 0 Å². The molecule has 0 saturated heterocycles. The van der Waals surface area contributed by atoms with Gasteiger partial charge in [0.25, 0.3) is 0 Å². The Balaban J connectivity index is 2.72. The standard InChI is InChI=1S/C12H10BrNO2/c1-7-5-8(6-11(15)16)9-3-2-4-10(13)12(9)14-7/h2-5H,6H2,1H3,(H,15,16). The van der Waals surface area contributed by atoms with E-state index in [1.165, 1.54) is 0 Å². The number of aromatic nitrogens is 1. The molecule has 0 unspecified atom stereocenters. The Bertz CT molecular complexity index is 566. The minimum Gasteiger partial charge on any atom is -0.481 e. The average Bonchev–Trinajstić information content (AvgIpc) is 2.18. The van der Waals surface area contributed by atoms with Crippen LogP contribution in [0.25, 0.3) is 10.9 Å². The summed E-state index contributed by atoms with van der Waals surface area (Å²) in [5.41, 5.74) is 2.45. The van der Waals surface area contributed by atoms with Crippen molar-refractivity contribution in [2.45, 2.75) is 13.3 Å². The number of aliphatic carboxylic acids is 1. The van der Waals surface area contributed by atoms with E-state index in [2.05, 4.69) is 20.9 Å². The zero-order chi connectivity index (χ0) is 11.7. The summed E-state index contributed by atoms with van der Waals surface area (Å²) in [4.78, 5) is 15.2. The topological polar surface area (TPSA) is 50.2 Å². The van der Waals surface area contributed by atoms with E-state index in [4.69, 9.17) is 5.11 Å². The van der Waals surface area contributed by atoms with Gasteiger partial charge in [0.05, 0.1) is 11.9 Å². The van der Waals surface area contributed by atoms with Gasteiger partial charge in [-0.25, -0.2) is 0 Å². The van der Waals surface area contributed by atoms with E-state index in [0.29, 0.717) is 0 Å². The number of hydrogen-bond acceptors (Lipinski definition) is 2. The van der Waals surface area contributed by atoms with Crippen LogP contribution < -0.4 is 0 Å². The van der Waals surface area contributed by atoms with E-state index < -0.39 is 5.97 Å². The Morgan fingerprint density at radius 3 is 2.94 bits per heavy atom. The number of fused-ring (bicyclic) bond motifs is 1. The number of carboxylic acid groups (broad SMARTS) is 1. The summed E-state index contributed by atoms with van der Waals surface area (Å²) in [5.74, 6) is -0.827. The molecule has 0 radical (unpaired) electrons. The first kappa shape index (κ1) is 11.1. The largest absolute Gasteiger partial charge is 0.481 e. The first-order chi connectivity index (χ1) is 7.58. The molecule has 0 aliphatic rings. The van der Waals surface area contributed by atoms with Crippen molar-refractivity contribution in [2.75, 3.05) is 0 Å². The molecule has 1 N–H and O–H groups in total. The minimum absolute atomic E-state index is 0.0241. The van der Waals surface area contributed by atoms with Crippen LogP contribution >= 0.6 is 15.9 Å². The molecule has 0 amide bonds. The van der Waals surface area contributed by atoms with E-state index in [1.807, 2.05) is 31.2 Å². The Hall–Kier alpha value is -1.42. The summed E-state index contributed by atoms with van der Waals surface area (Å²) >= 11 is 3.42. The van der Waals surface area contributed by atoms with E-state index in [9.17, 15) is 4.79 Å². The molecule has 3 nitrogen and oxygen atoms in total. The Kier molecular flexibility index (Phi) is 2.92. The van der Waals surface area contributed by atoms with Crippen LogP contribution in [-0.2, 0) is 11.2 Å². The number of aryl methyl sites for hydroxylation is 1. The number of halogens is 1. The van der Waals surface area contributed by atoms with Crippen molar-refractivity contribution in [3.05, 3.63) is 40.0 Å². The zero-order valence-corrected chi connectivity index (χ0v) is 10.3. The van der Waals surface area contributed by atoms with Gasteiger partial charge in [-0.2, -0.15) is 0 Å². The summed E-state index contributed by atoms with van der Waals surface area (Å²) < 4.78 is 0.889. The van der Waals surface area contributed by atoms with Gasteiger partial charge in [0.15, 0.2) is 0 Å². The Morgan fingerprint density at radius 2 is 2.25 bits per heavy atom. The lowest BCUT2D eigenvalue weighted by Gasteiger charge is -2.06. The molecule has 1 aromatic carbocycles. The highest BCUT2D eigenvalue weighted by Gasteiger charge is 2.09. The van der Waals surface area contributed by atoms with Crippen LogP contribution in [0, 0.1) is 6.92 Å². The highest BCUT2D eigenvalue weighted by atomic mass is 79.9. The molecule has 1 aromatic heterocycles. The third-order valence-electron chi connectivity index (χ3n) is 2.35. The quantitative estimate of drug-likeness (QED) is 0.920. The van der Waals surface area contributed by atoms with Crippen LogP contribution in [-0.4, -0.2) is 16.1 Å². The fourth-order valence-electron chi connectivity index (χ4n) is 1.74. The van der Waals surface area contributed by atoms with Crippen LogP contribution in [0.5, 0.6) is 0 Å². The molecule has 2 aromatic rings. The van der Waals surface area contributed by atoms with Crippen LogP contribution in [0.2, 0.25) is 0 Å². The lowest BCUT2D eigenvalue weighted by Crippen LogP contribution is -2.02. The summed E-state index contributed by atoms with van der Waals surface area (Å²) in [7, 11) is 0. The fourth-order valence-corrected chi connectivity index (χ4v) is 2.19. The van der Waals surface area contributed by atoms with E-state index in [-0.39, 0.29) is 6.42 Å². The maximum atomic E-state index is 10.8. The number of rotatable bonds is 2. The molecule has 0 fully saturated rings. The summed E-state index contributed by atoms with van der Waals surface area (Å²) in [5, 5.41) is 9.75. The van der Waals surface area contributed by atoms with Gasteiger partial charge in [-0.3, -0.25) is 9.78 Å². The van der Waals surface area contributed by atoms with Gasteiger partial charge in [-0.15, -0.1) is 0 Å². The second kappa shape index (κ2) is 4.22. The first-order valence-electron chi connectivity index (χ1n) is 4.84. The van der Waals surface area contributed by atoms with E-state index >= 15 is 0 Å². The number of hydrogen-bond donors (Lipinski definition) is 1.